The summed E-state index contributed by atoms with van der Waals surface area (Å²) in [5.74, 6) is -1.35. The molecule has 3 aromatic rings. The van der Waals surface area contributed by atoms with E-state index in [1.54, 1.807) is 66.7 Å². The number of imide groups is 2. The van der Waals surface area contributed by atoms with E-state index in [1.807, 2.05) is 22.6 Å². The summed E-state index contributed by atoms with van der Waals surface area (Å²) >= 11 is 7.86. The van der Waals surface area contributed by atoms with Crippen molar-refractivity contribution in [3.8, 4) is 11.5 Å². The van der Waals surface area contributed by atoms with Crippen LogP contribution in [0.25, 0.3) is 6.08 Å². The average Bonchev–Trinajstić information content (AvgIpc) is 2.87. The minimum atomic E-state index is -0.828. The van der Waals surface area contributed by atoms with Crippen molar-refractivity contribution in [3.05, 3.63) is 86.5 Å². The molecular weight excluding hydrogens is 613 g/mol. The van der Waals surface area contributed by atoms with Crippen LogP contribution >= 0.6 is 34.2 Å². The smallest absolute Gasteiger partial charge is 0.335 e. The number of urea groups is 1. The Balaban J connectivity index is 1.54. The highest BCUT2D eigenvalue weighted by atomic mass is 127. The van der Waals surface area contributed by atoms with Crippen molar-refractivity contribution in [2.45, 2.75) is 0 Å². The van der Waals surface area contributed by atoms with E-state index in [0.29, 0.717) is 31.3 Å². The van der Waals surface area contributed by atoms with Crippen LogP contribution in [0.1, 0.15) is 5.56 Å². The first-order valence-corrected chi connectivity index (χ1v) is 12.2. The zero-order valence-corrected chi connectivity index (χ0v) is 22.2. The number of hydrogen-bond donors (Lipinski definition) is 2. The summed E-state index contributed by atoms with van der Waals surface area (Å²) in [6.07, 6.45) is 1.36. The number of nitrogens with zero attached hydrogens (tertiary/aromatic N) is 1. The molecule has 1 aliphatic heterocycles. The molecule has 3 aromatic carbocycles. The number of nitrogens with one attached hydrogen (secondary N) is 2. The molecule has 0 saturated carbocycles. The van der Waals surface area contributed by atoms with E-state index in [4.69, 9.17) is 21.1 Å². The molecule has 0 aromatic heterocycles. The molecule has 188 valence electrons. The summed E-state index contributed by atoms with van der Waals surface area (Å²) < 4.78 is 11.7. The van der Waals surface area contributed by atoms with E-state index in [2.05, 4.69) is 10.6 Å². The Morgan fingerprint density at radius 3 is 2.46 bits per heavy atom. The predicted octanol–water partition coefficient (Wildman–Crippen LogP) is 4.64. The second-order valence-corrected chi connectivity index (χ2v) is 9.27. The van der Waals surface area contributed by atoms with Crippen molar-refractivity contribution >= 4 is 75.4 Å². The van der Waals surface area contributed by atoms with Crippen LogP contribution in [0.3, 0.4) is 0 Å². The zero-order valence-electron chi connectivity index (χ0n) is 19.3. The van der Waals surface area contributed by atoms with Gasteiger partial charge < -0.3 is 14.8 Å². The van der Waals surface area contributed by atoms with E-state index < -0.39 is 17.8 Å². The van der Waals surface area contributed by atoms with Gasteiger partial charge in [0.2, 0.25) is 0 Å². The Bertz CT molecular complexity index is 1410. The van der Waals surface area contributed by atoms with Crippen molar-refractivity contribution < 1.29 is 28.7 Å². The van der Waals surface area contributed by atoms with Gasteiger partial charge in [-0.2, -0.15) is 0 Å². The van der Waals surface area contributed by atoms with Gasteiger partial charge in [0.05, 0.1) is 16.4 Å². The highest BCUT2D eigenvalue weighted by Gasteiger charge is 2.36. The lowest BCUT2D eigenvalue weighted by molar-refractivity contribution is -0.122. The molecule has 1 aliphatic rings. The lowest BCUT2D eigenvalue weighted by atomic mass is 10.1. The molecule has 1 fully saturated rings. The SMILES string of the molecule is COc1cc(/C=C2\C(=O)NC(=O)N(c3ccccc3)C2=O)cc(I)c1OCC(=O)Nc1ccc(Cl)cc1. The van der Waals surface area contributed by atoms with Gasteiger partial charge in [0.15, 0.2) is 18.1 Å². The van der Waals surface area contributed by atoms with Gasteiger partial charge in [-0.3, -0.25) is 19.7 Å². The quantitative estimate of drug-likeness (QED) is 0.223. The van der Waals surface area contributed by atoms with Crippen LogP contribution in [0.2, 0.25) is 5.02 Å². The van der Waals surface area contributed by atoms with Crippen molar-refractivity contribution in [1.29, 1.82) is 0 Å². The number of halogens is 2. The maximum atomic E-state index is 13.1. The predicted molar refractivity (Wildman–Crippen MR) is 147 cm³/mol. The topological polar surface area (TPSA) is 114 Å². The zero-order chi connectivity index (χ0) is 26.5. The van der Waals surface area contributed by atoms with Gasteiger partial charge in [0.1, 0.15) is 5.57 Å². The fourth-order valence-electron chi connectivity index (χ4n) is 3.47. The Hall–Kier alpha value is -3.90. The van der Waals surface area contributed by atoms with Gasteiger partial charge in [-0.1, -0.05) is 29.8 Å². The Morgan fingerprint density at radius 1 is 1.08 bits per heavy atom. The molecule has 11 heteroatoms. The van der Waals surface area contributed by atoms with E-state index >= 15 is 0 Å². The number of carbonyl (C=O) groups is 4. The fraction of sp³-hybridized carbons (Fsp3) is 0.0769. The maximum absolute atomic E-state index is 13.1. The molecule has 0 aliphatic carbocycles. The number of para-hydroxylation sites is 1. The number of amides is 5. The van der Waals surface area contributed by atoms with E-state index in [1.165, 1.54) is 13.2 Å². The monoisotopic (exact) mass is 631 g/mol. The number of anilines is 2. The third kappa shape index (κ3) is 6.09. The first kappa shape index (κ1) is 26.2. The van der Waals surface area contributed by atoms with E-state index in [-0.39, 0.29) is 23.8 Å². The number of barbiturate groups is 1. The summed E-state index contributed by atoms with van der Waals surface area (Å²) in [6, 6.07) is 17.3. The number of methoxy groups -OCH3 is 1. The van der Waals surface area contributed by atoms with Crippen LogP contribution in [-0.4, -0.2) is 37.5 Å². The van der Waals surface area contributed by atoms with Crippen LogP contribution < -0.4 is 25.0 Å². The standard InChI is InChI=1S/C26H19ClIN3O6/c1-36-21-13-15(11-19-24(33)30-26(35)31(25(19)34)18-5-3-2-4-6-18)12-20(28)23(21)37-14-22(32)29-17-9-7-16(27)8-10-17/h2-13H,14H2,1H3,(H,29,32)(H,30,33,35)/b19-11+. The van der Waals surface area contributed by atoms with Crippen LogP contribution in [-0.2, 0) is 14.4 Å². The maximum Gasteiger partial charge on any atom is 0.335 e. The molecule has 5 amide bonds. The van der Waals surface area contributed by atoms with Crippen LogP contribution in [0.15, 0.2) is 72.3 Å². The number of hydrogen-bond acceptors (Lipinski definition) is 6. The highest BCUT2D eigenvalue weighted by Crippen LogP contribution is 2.35. The largest absolute Gasteiger partial charge is 0.493 e. The van der Waals surface area contributed by atoms with Gasteiger partial charge in [-0.05, 0) is 82.8 Å². The second kappa shape index (κ2) is 11.4. The van der Waals surface area contributed by atoms with Crippen molar-refractivity contribution in [3.63, 3.8) is 0 Å². The molecule has 1 saturated heterocycles. The molecule has 0 atom stereocenters. The minimum absolute atomic E-state index is 0.225. The molecule has 0 spiro atoms. The lowest BCUT2D eigenvalue weighted by Crippen LogP contribution is -2.54. The van der Waals surface area contributed by atoms with Crippen molar-refractivity contribution in [1.82, 2.24) is 5.32 Å². The third-order valence-electron chi connectivity index (χ3n) is 5.15. The molecule has 37 heavy (non-hydrogen) atoms. The molecule has 0 radical (unpaired) electrons. The first-order chi connectivity index (χ1) is 17.8. The van der Waals surface area contributed by atoms with Gasteiger partial charge in [0.25, 0.3) is 17.7 Å². The number of carbonyl (C=O) groups excluding carboxylic acids is 4. The molecule has 2 N–H and O–H groups in total. The fourth-order valence-corrected chi connectivity index (χ4v) is 4.37. The molecule has 9 nitrogen and oxygen atoms in total. The minimum Gasteiger partial charge on any atom is -0.493 e. The van der Waals surface area contributed by atoms with E-state index in [9.17, 15) is 19.2 Å². The molecule has 0 bridgehead atoms. The summed E-state index contributed by atoms with van der Waals surface area (Å²) in [4.78, 5) is 51.1. The third-order valence-corrected chi connectivity index (χ3v) is 6.21. The van der Waals surface area contributed by atoms with Crippen molar-refractivity contribution in [2.75, 3.05) is 23.9 Å². The normalized spacial score (nSPS) is 14.4. The van der Waals surface area contributed by atoms with Crippen LogP contribution in [0.5, 0.6) is 11.5 Å². The Kier molecular flexibility index (Phi) is 8.09. The van der Waals surface area contributed by atoms with E-state index in [0.717, 1.165) is 4.90 Å². The second-order valence-electron chi connectivity index (χ2n) is 7.67. The van der Waals surface area contributed by atoms with Crippen molar-refractivity contribution in [2.24, 2.45) is 0 Å². The molecule has 1 heterocycles. The van der Waals surface area contributed by atoms with Gasteiger partial charge >= 0.3 is 6.03 Å². The summed E-state index contributed by atoms with van der Waals surface area (Å²) in [7, 11) is 1.43. The van der Waals surface area contributed by atoms with Gasteiger partial charge in [0, 0.05) is 10.7 Å². The number of benzene rings is 3. The highest BCUT2D eigenvalue weighted by molar-refractivity contribution is 14.1. The lowest BCUT2D eigenvalue weighted by Gasteiger charge is -2.26. The first-order valence-electron chi connectivity index (χ1n) is 10.8. The Morgan fingerprint density at radius 2 is 1.78 bits per heavy atom. The van der Waals surface area contributed by atoms with Gasteiger partial charge in [-0.25, -0.2) is 9.69 Å². The number of rotatable bonds is 7. The van der Waals surface area contributed by atoms with Crippen LogP contribution in [0, 0.1) is 3.57 Å². The Labute approximate surface area is 230 Å². The summed E-state index contributed by atoms with van der Waals surface area (Å²) in [5.41, 5.74) is 1.13. The molecule has 0 unspecified atom stereocenters. The summed E-state index contributed by atoms with van der Waals surface area (Å²) in [5, 5.41) is 5.44. The van der Waals surface area contributed by atoms with Gasteiger partial charge in [-0.15, -0.1) is 0 Å². The number of ether oxygens (including phenoxy) is 2. The molecule has 4 rings (SSSR count). The average molecular weight is 632 g/mol. The molecular formula is C26H19ClIN3O6. The summed E-state index contributed by atoms with van der Waals surface area (Å²) in [6.45, 7) is -0.287. The van der Waals surface area contributed by atoms with Crippen LogP contribution in [0.4, 0.5) is 16.2 Å².